The smallest absolute Gasteiger partial charge is 0.870 e. The summed E-state index contributed by atoms with van der Waals surface area (Å²) < 4.78 is 116. The summed E-state index contributed by atoms with van der Waals surface area (Å²) in [5.74, 6) is 0. The average Bonchev–Trinajstić information content (AvgIpc) is 2.10. The standard InChI is InChI=1S/CH2O3.HNO3.H3N.2Na.2Nd.2H3O4P.3H2O4S.H2O/c2*2-1(3)4;;;;;;5*1-5(2,3)4;/h(H2,2,3,4);(H,2,3,4);1H3;;;;;2*(H3,1,2,3,4);3*(H2,1,2,3,4);1H2/q;;;2*+1;2*+3;;;;;;/p-8. The van der Waals surface area contributed by atoms with Gasteiger partial charge in [-0.25, -0.2) is 13.0 Å². The first-order valence-corrected chi connectivity index (χ1v) is 11.9. The summed E-state index contributed by atoms with van der Waals surface area (Å²) in [5, 5.41) is 30.3. The zero-order valence-electron chi connectivity index (χ0n) is 18.4. The molecule has 39 heavy (non-hydrogen) atoms. The monoisotopic (exact) mass is 972 g/mol. The van der Waals surface area contributed by atoms with E-state index in [1.54, 1.807) is 0 Å². The van der Waals surface area contributed by atoms with Crippen LogP contribution in [0.15, 0.2) is 0 Å². The molecule has 0 spiro atoms. The minimum atomic E-state index is -5.39. The van der Waals surface area contributed by atoms with E-state index in [1.165, 1.54) is 0 Å². The van der Waals surface area contributed by atoms with Gasteiger partial charge in [-0.15, -0.1) is 10.1 Å². The fraction of sp³-hybridized carbons (Fsp3) is 0. The van der Waals surface area contributed by atoms with Gasteiger partial charge < -0.3 is 79.4 Å². The van der Waals surface area contributed by atoms with Crippen LogP contribution in [0.2, 0.25) is 0 Å². The van der Waals surface area contributed by atoms with Crippen molar-refractivity contribution < 1.29 is 263 Å². The van der Waals surface area contributed by atoms with Crippen LogP contribution in [0.5, 0.6) is 0 Å². The quantitative estimate of drug-likeness (QED) is 0.0279. The fourth-order valence-corrected chi connectivity index (χ4v) is 0. The molecule has 0 aliphatic rings. The maximum Gasteiger partial charge on any atom is 3.00 e. The SMILES string of the molecule is O=C([O-])[O-].O=P(O)(O)O.O=P([O-])([O-])[O-].O=S(=O)(O)O.O=S(=O)([O-])O.O=S(=O)([O-])[O-].O=[N+]([O-])O.[NH4+].[Na+].[Na+].[Nd+3].[Nd+3].[OH-]. The largest absolute Gasteiger partial charge is 3.00 e. The van der Waals surface area contributed by atoms with Gasteiger partial charge in [0.2, 0.25) is 10.4 Å². The normalized spacial score (nSPS) is 8.72. The summed E-state index contributed by atoms with van der Waals surface area (Å²) in [6, 6.07) is 0. The number of carboxylic acid groups (broad SMARTS) is 2. The zero-order chi connectivity index (χ0) is 29.7. The number of nitrogens with zero attached hydrogens (tertiary/aromatic N) is 1. The van der Waals surface area contributed by atoms with Gasteiger partial charge in [-0.05, 0) is 6.16 Å². The third-order valence-electron chi connectivity index (χ3n) is 0. The van der Waals surface area contributed by atoms with Crippen LogP contribution in [-0.4, -0.2) is 89.2 Å². The first-order chi connectivity index (χ1) is 13.5. The zero-order valence-corrected chi connectivity index (χ0v) is 33.1. The molecular weight excluding hydrogens is 965 g/mol. The third-order valence-corrected chi connectivity index (χ3v) is 0. The Labute approximate surface area is 326 Å². The van der Waals surface area contributed by atoms with Crippen molar-refractivity contribution in [1.82, 2.24) is 6.15 Å². The van der Waals surface area contributed by atoms with E-state index >= 15 is 0 Å². The van der Waals surface area contributed by atoms with Crippen LogP contribution in [0.3, 0.4) is 0 Å². The van der Waals surface area contributed by atoms with Gasteiger partial charge >= 0.3 is 159 Å². The second-order valence-electron chi connectivity index (χ2n) is 2.73. The number of carbonyl (C=O) groups excluding carboxylic acids is 1. The molecule has 29 nitrogen and oxygen atoms in total. The number of phosphoric acid groups is 2. The van der Waals surface area contributed by atoms with E-state index < -0.39 is 58.1 Å². The number of carbonyl (C=O) groups is 1. The average molecular weight is 977 g/mol. The molecule has 0 aromatic rings. The molecule has 0 heterocycles. The Morgan fingerprint density at radius 3 is 0.744 bits per heavy atom. The van der Waals surface area contributed by atoms with Crippen LogP contribution in [-0.2, 0) is 40.3 Å². The molecule has 12 N–H and O–H groups in total. The van der Waals surface area contributed by atoms with Crippen LogP contribution in [0.4, 0.5) is 4.79 Å². The van der Waals surface area contributed by atoms with Gasteiger partial charge in [0.25, 0.3) is 5.09 Å². The number of rotatable bonds is 0. The molecule has 0 aliphatic heterocycles. The Kier molecular flexibility index (Phi) is 92.6. The van der Waals surface area contributed by atoms with E-state index in [0.717, 1.165) is 0 Å². The first-order valence-electron chi connectivity index (χ1n) is 4.74. The Morgan fingerprint density at radius 1 is 0.744 bits per heavy atom. The fourth-order valence-electron chi connectivity index (χ4n) is 0. The Morgan fingerprint density at radius 2 is 0.744 bits per heavy atom. The second kappa shape index (κ2) is 43.1. The molecular formula is CH12N2Na2Nd2O27P2S3. The Bertz CT molecular complexity index is 768. The van der Waals surface area contributed by atoms with E-state index in [4.69, 9.17) is 121 Å². The minimum absolute atomic E-state index is 0. The summed E-state index contributed by atoms with van der Waals surface area (Å²) in [4.78, 5) is 63.9. The molecule has 0 bridgehead atoms. The molecule has 0 rings (SSSR count). The maximum atomic E-state index is 8.88. The van der Waals surface area contributed by atoms with Gasteiger partial charge in [-0.1, -0.05) is 0 Å². The topological polar surface area (TPSA) is 589 Å². The van der Waals surface area contributed by atoms with E-state index in [2.05, 4.69) is 0 Å². The molecule has 0 amide bonds. The summed E-state index contributed by atoms with van der Waals surface area (Å²) in [5.41, 5.74) is 0. The van der Waals surface area contributed by atoms with Gasteiger partial charge in [0.1, 0.15) is 0 Å². The van der Waals surface area contributed by atoms with Crippen molar-refractivity contribution in [1.29, 1.82) is 0 Å². The number of hydrogen-bond acceptors (Lipinski definition) is 20. The van der Waals surface area contributed by atoms with E-state index in [0.29, 0.717) is 0 Å². The van der Waals surface area contributed by atoms with Crippen molar-refractivity contribution in [2.45, 2.75) is 0 Å². The van der Waals surface area contributed by atoms with Crippen LogP contribution >= 0.6 is 15.6 Å². The van der Waals surface area contributed by atoms with Crippen LogP contribution in [0.1, 0.15) is 0 Å². The van der Waals surface area contributed by atoms with Gasteiger partial charge in [-0.2, -0.15) is 16.2 Å². The minimum Gasteiger partial charge on any atom is -0.870 e. The summed E-state index contributed by atoms with van der Waals surface area (Å²) in [6.45, 7) is 0. The molecule has 0 saturated heterocycles. The third kappa shape index (κ3) is 7260. The Balaban J connectivity index is -0.0000000180. The van der Waals surface area contributed by atoms with Crippen molar-refractivity contribution in [2.75, 3.05) is 0 Å². The van der Waals surface area contributed by atoms with Gasteiger partial charge in [0.05, 0.1) is 0 Å². The van der Waals surface area contributed by atoms with Crippen LogP contribution < -0.4 is 90.2 Å². The molecule has 0 unspecified atom stereocenters. The number of hydrogen-bond donors (Lipinski definition) is 8. The van der Waals surface area contributed by atoms with Crippen molar-refractivity contribution in [2.24, 2.45) is 0 Å². The van der Waals surface area contributed by atoms with Gasteiger partial charge in [0, 0.05) is 10.4 Å². The van der Waals surface area contributed by atoms with E-state index in [1.807, 2.05) is 0 Å². The second-order valence-corrected chi connectivity index (χ2v) is 7.22. The summed E-state index contributed by atoms with van der Waals surface area (Å²) in [7, 11) is -24.8. The van der Waals surface area contributed by atoms with Crippen LogP contribution in [0, 0.1) is 91.8 Å². The van der Waals surface area contributed by atoms with Crippen molar-refractivity contribution in [3.05, 3.63) is 10.1 Å². The van der Waals surface area contributed by atoms with Crippen molar-refractivity contribution in [3.63, 3.8) is 0 Å². The van der Waals surface area contributed by atoms with Crippen LogP contribution in [0.25, 0.3) is 0 Å². The summed E-state index contributed by atoms with van der Waals surface area (Å²) in [6.07, 6.45) is -2.33. The predicted octanol–water partition coefficient (Wildman–Crippen LogP) is -15.3. The van der Waals surface area contributed by atoms with E-state index in [-0.39, 0.29) is 152 Å². The van der Waals surface area contributed by atoms with Gasteiger partial charge in [-0.3, -0.25) is 22.1 Å². The maximum absolute atomic E-state index is 8.88. The molecule has 2 radical (unpaired) electrons. The van der Waals surface area contributed by atoms with Gasteiger partial charge in [0.15, 0.2) is 0 Å². The van der Waals surface area contributed by atoms with Crippen molar-refractivity contribution >= 4 is 53.0 Å². The molecule has 0 aromatic carbocycles. The molecule has 0 saturated carbocycles. The van der Waals surface area contributed by atoms with E-state index in [9.17, 15) is 0 Å². The molecule has 0 atom stereocenters. The Hall–Kier alpha value is 2.92. The molecule has 38 heteroatoms. The van der Waals surface area contributed by atoms with Crippen molar-refractivity contribution in [3.8, 4) is 0 Å². The molecule has 0 aromatic heterocycles. The number of quaternary nitrogens is 1. The predicted molar refractivity (Wildman–Crippen MR) is 80.9 cm³/mol. The molecule has 226 valence electrons. The molecule has 0 fully saturated rings. The first kappa shape index (κ1) is 83.9. The molecule has 0 aliphatic carbocycles. The summed E-state index contributed by atoms with van der Waals surface area (Å²) >= 11 is 0.